The van der Waals surface area contributed by atoms with Crippen LogP contribution < -0.4 is 5.32 Å². The van der Waals surface area contributed by atoms with Crippen molar-refractivity contribution in [1.82, 2.24) is 10.2 Å². The Morgan fingerprint density at radius 3 is 2.56 bits per heavy atom. The van der Waals surface area contributed by atoms with E-state index in [2.05, 4.69) is 15.5 Å². The van der Waals surface area contributed by atoms with E-state index in [0.717, 1.165) is 11.3 Å². The maximum atomic E-state index is 12.1. The minimum atomic E-state index is 0.0315. The quantitative estimate of drug-likeness (QED) is 0.481. The van der Waals surface area contributed by atoms with Crippen LogP contribution >= 0.6 is 23.4 Å². The highest BCUT2D eigenvalue weighted by molar-refractivity contribution is 7.99. The summed E-state index contributed by atoms with van der Waals surface area (Å²) in [5.74, 6) is 0.749. The fourth-order valence-electron chi connectivity index (χ4n) is 2.06. The number of hydrogen-bond donors (Lipinski definition) is 1. The number of anilines is 1. The number of ketones is 1. The average Bonchev–Trinajstić information content (AvgIpc) is 3.08. The second-order valence-electron chi connectivity index (χ2n) is 5.40. The predicted molar refractivity (Wildman–Crippen MR) is 99.3 cm³/mol. The Balaban J connectivity index is 1.50. The van der Waals surface area contributed by atoms with Crippen molar-refractivity contribution in [2.75, 3.05) is 11.1 Å². The topological polar surface area (TPSA) is 68.0 Å². The molecule has 5 nitrogen and oxygen atoms in total. The SMILES string of the molecule is Cc1ccc(C(=O)CSc2nnc(CNc3ccc(Cl)cc3)o2)cc1. The molecule has 1 aromatic heterocycles. The predicted octanol–water partition coefficient (Wildman–Crippen LogP) is 4.62. The van der Waals surface area contributed by atoms with Crippen LogP contribution in [0.4, 0.5) is 5.69 Å². The van der Waals surface area contributed by atoms with Crippen molar-refractivity contribution in [3.8, 4) is 0 Å². The van der Waals surface area contributed by atoms with Gasteiger partial charge in [-0.1, -0.05) is 53.2 Å². The third-order valence-corrected chi connectivity index (χ3v) is 4.51. The lowest BCUT2D eigenvalue weighted by Crippen LogP contribution is -2.02. The first-order chi connectivity index (χ1) is 12.1. The average molecular weight is 374 g/mol. The van der Waals surface area contributed by atoms with Gasteiger partial charge in [-0.2, -0.15) is 0 Å². The fourth-order valence-corrected chi connectivity index (χ4v) is 2.86. The normalized spacial score (nSPS) is 10.6. The highest BCUT2D eigenvalue weighted by Crippen LogP contribution is 2.19. The Morgan fingerprint density at radius 1 is 1.12 bits per heavy atom. The number of benzene rings is 2. The first kappa shape index (κ1) is 17.5. The van der Waals surface area contributed by atoms with Gasteiger partial charge in [0.2, 0.25) is 5.89 Å². The molecule has 2 aromatic carbocycles. The van der Waals surface area contributed by atoms with Gasteiger partial charge in [-0.25, -0.2) is 0 Å². The van der Waals surface area contributed by atoms with Gasteiger partial charge in [0, 0.05) is 16.3 Å². The lowest BCUT2D eigenvalue weighted by atomic mass is 10.1. The van der Waals surface area contributed by atoms with Gasteiger partial charge in [0.25, 0.3) is 5.22 Å². The number of nitrogens with one attached hydrogen (secondary N) is 1. The molecule has 0 fully saturated rings. The molecular formula is C18H16ClN3O2S. The summed E-state index contributed by atoms with van der Waals surface area (Å²) in [6, 6.07) is 14.8. The van der Waals surface area contributed by atoms with Gasteiger partial charge in [-0.3, -0.25) is 4.79 Å². The van der Waals surface area contributed by atoms with E-state index in [4.69, 9.17) is 16.0 Å². The minimum absolute atomic E-state index is 0.0315. The van der Waals surface area contributed by atoms with E-state index in [1.54, 1.807) is 12.1 Å². The lowest BCUT2D eigenvalue weighted by Gasteiger charge is -2.02. The Bertz CT molecular complexity index is 848. The van der Waals surface area contributed by atoms with Crippen molar-refractivity contribution in [2.45, 2.75) is 18.7 Å². The van der Waals surface area contributed by atoms with Crippen molar-refractivity contribution in [1.29, 1.82) is 0 Å². The number of aromatic nitrogens is 2. The van der Waals surface area contributed by atoms with E-state index in [9.17, 15) is 4.79 Å². The van der Waals surface area contributed by atoms with Gasteiger partial charge >= 0.3 is 0 Å². The zero-order valence-corrected chi connectivity index (χ0v) is 15.1. The number of aryl methyl sites for hydroxylation is 1. The van der Waals surface area contributed by atoms with Gasteiger partial charge in [-0.05, 0) is 31.2 Å². The van der Waals surface area contributed by atoms with E-state index >= 15 is 0 Å². The molecule has 0 saturated heterocycles. The fraction of sp³-hybridized carbons (Fsp3) is 0.167. The molecule has 0 bridgehead atoms. The summed E-state index contributed by atoms with van der Waals surface area (Å²) in [5.41, 5.74) is 2.72. The molecule has 3 rings (SSSR count). The minimum Gasteiger partial charge on any atom is -0.414 e. The first-order valence-corrected chi connectivity index (χ1v) is 9.01. The third-order valence-electron chi connectivity index (χ3n) is 3.44. The zero-order valence-electron chi connectivity index (χ0n) is 13.5. The van der Waals surface area contributed by atoms with Crippen LogP contribution in [0.5, 0.6) is 0 Å². The summed E-state index contributed by atoms with van der Waals surface area (Å²) in [4.78, 5) is 12.1. The number of carbonyl (C=O) groups excluding carboxylic acids is 1. The Kier molecular flexibility index (Phi) is 5.73. The van der Waals surface area contributed by atoms with Crippen LogP contribution in [0, 0.1) is 6.92 Å². The summed E-state index contributed by atoms with van der Waals surface area (Å²) >= 11 is 7.08. The van der Waals surface area contributed by atoms with Crippen LogP contribution in [-0.2, 0) is 6.54 Å². The molecule has 0 radical (unpaired) electrons. The van der Waals surface area contributed by atoms with E-state index in [1.807, 2.05) is 43.3 Å². The highest BCUT2D eigenvalue weighted by atomic mass is 35.5. The smallest absolute Gasteiger partial charge is 0.277 e. The molecule has 0 unspecified atom stereocenters. The van der Waals surface area contributed by atoms with Crippen molar-refractivity contribution in [3.63, 3.8) is 0 Å². The number of nitrogens with zero attached hydrogens (tertiary/aromatic N) is 2. The van der Waals surface area contributed by atoms with E-state index < -0.39 is 0 Å². The number of thioether (sulfide) groups is 1. The van der Waals surface area contributed by atoms with Gasteiger partial charge in [0.05, 0.1) is 12.3 Å². The van der Waals surface area contributed by atoms with E-state index in [1.165, 1.54) is 11.8 Å². The molecule has 1 heterocycles. The molecular weight excluding hydrogens is 358 g/mol. The van der Waals surface area contributed by atoms with E-state index in [0.29, 0.717) is 28.2 Å². The van der Waals surface area contributed by atoms with Crippen LogP contribution in [-0.4, -0.2) is 21.7 Å². The van der Waals surface area contributed by atoms with Crippen LogP contribution in [0.15, 0.2) is 58.2 Å². The van der Waals surface area contributed by atoms with Crippen molar-refractivity contribution >= 4 is 34.8 Å². The highest BCUT2D eigenvalue weighted by Gasteiger charge is 2.11. The van der Waals surface area contributed by atoms with Crippen LogP contribution in [0.25, 0.3) is 0 Å². The molecule has 0 spiro atoms. The standard InChI is InChI=1S/C18H16ClN3O2S/c1-12-2-4-13(5-3-12)16(23)11-25-18-22-21-17(24-18)10-20-15-8-6-14(19)7-9-15/h2-9,20H,10-11H2,1H3. The van der Waals surface area contributed by atoms with E-state index in [-0.39, 0.29) is 11.5 Å². The number of carbonyl (C=O) groups is 1. The maximum Gasteiger partial charge on any atom is 0.277 e. The van der Waals surface area contributed by atoms with Crippen LogP contribution in [0.1, 0.15) is 21.8 Å². The number of hydrogen-bond acceptors (Lipinski definition) is 6. The van der Waals surface area contributed by atoms with Crippen molar-refractivity contribution < 1.29 is 9.21 Å². The summed E-state index contributed by atoms with van der Waals surface area (Å²) < 4.78 is 5.53. The number of halogens is 1. The molecule has 25 heavy (non-hydrogen) atoms. The van der Waals surface area contributed by atoms with Gasteiger partial charge in [-0.15, -0.1) is 10.2 Å². The molecule has 128 valence electrons. The van der Waals surface area contributed by atoms with Crippen LogP contribution in [0.3, 0.4) is 0 Å². The Labute approximate surface area is 154 Å². The van der Waals surface area contributed by atoms with Crippen molar-refractivity contribution in [2.24, 2.45) is 0 Å². The number of Topliss-reactive ketones (excluding diaryl/α,β-unsaturated/α-hetero) is 1. The molecule has 0 aliphatic carbocycles. The Morgan fingerprint density at radius 2 is 1.84 bits per heavy atom. The second kappa shape index (κ2) is 8.18. The largest absolute Gasteiger partial charge is 0.414 e. The summed E-state index contributed by atoms with van der Waals surface area (Å²) in [5, 5.41) is 12.2. The van der Waals surface area contributed by atoms with Gasteiger partial charge in [0.15, 0.2) is 5.78 Å². The molecule has 0 aliphatic rings. The Hall–Kier alpha value is -2.31. The molecule has 0 aliphatic heterocycles. The molecule has 7 heteroatoms. The maximum absolute atomic E-state index is 12.1. The van der Waals surface area contributed by atoms with Gasteiger partial charge in [0.1, 0.15) is 0 Å². The molecule has 0 saturated carbocycles. The molecule has 1 N–H and O–H groups in total. The molecule has 0 atom stereocenters. The first-order valence-electron chi connectivity index (χ1n) is 7.64. The van der Waals surface area contributed by atoms with Crippen molar-refractivity contribution in [3.05, 3.63) is 70.6 Å². The number of rotatable bonds is 7. The summed E-state index contributed by atoms with van der Waals surface area (Å²) in [6.45, 7) is 2.39. The van der Waals surface area contributed by atoms with Gasteiger partial charge < -0.3 is 9.73 Å². The molecule has 0 amide bonds. The summed E-state index contributed by atoms with van der Waals surface area (Å²) in [7, 11) is 0. The van der Waals surface area contributed by atoms with Crippen LogP contribution in [0.2, 0.25) is 5.02 Å². The second-order valence-corrected chi connectivity index (χ2v) is 6.76. The zero-order chi connectivity index (χ0) is 17.6. The third kappa shape index (κ3) is 5.08. The monoisotopic (exact) mass is 373 g/mol. The summed E-state index contributed by atoms with van der Waals surface area (Å²) in [6.07, 6.45) is 0. The lowest BCUT2D eigenvalue weighted by molar-refractivity contribution is 0.102. The molecule has 3 aromatic rings.